The summed E-state index contributed by atoms with van der Waals surface area (Å²) < 4.78 is 10.9. The third kappa shape index (κ3) is 4.64. The molecule has 4 aliphatic rings. The molecule has 0 bridgehead atoms. The van der Waals surface area contributed by atoms with Gasteiger partial charge in [0, 0.05) is 6.42 Å². The second-order valence-electron chi connectivity index (χ2n) is 13.2. The Bertz CT molecular complexity index is 977. The van der Waals surface area contributed by atoms with Gasteiger partial charge in [-0.05, 0) is 116 Å². The average molecular weight is 511 g/mol. The molecule has 0 aliphatic heterocycles. The fraction of sp³-hybridized carbons (Fsp3) is 0.750. The highest BCUT2D eigenvalue weighted by atomic mass is 16.5. The maximum absolute atomic E-state index is 12.7. The Hall–Kier alpha value is -1.88. The van der Waals surface area contributed by atoms with Crippen LogP contribution in [0.1, 0.15) is 95.3 Å². The van der Waals surface area contributed by atoms with Crippen molar-refractivity contribution in [1.82, 2.24) is 0 Å². The summed E-state index contributed by atoms with van der Waals surface area (Å²) in [6.07, 6.45) is 9.59. The van der Waals surface area contributed by atoms with Crippen molar-refractivity contribution in [2.24, 2.45) is 46.3 Å². The first-order valence-electron chi connectivity index (χ1n) is 14.7. The van der Waals surface area contributed by atoms with Crippen molar-refractivity contribution < 1.29 is 24.2 Å². The van der Waals surface area contributed by atoms with Crippen LogP contribution >= 0.6 is 0 Å². The molecule has 5 nitrogen and oxygen atoms in total. The maximum atomic E-state index is 12.7. The lowest BCUT2D eigenvalue weighted by molar-refractivity contribution is -0.175. The minimum absolute atomic E-state index is 0.00682. The van der Waals surface area contributed by atoms with E-state index in [1.807, 2.05) is 30.3 Å². The van der Waals surface area contributed by atoms with E-state index in [9.17, 15) is 14.7 Å². The second-order valence-corrected chi connectivity index (χ2v) is 13.2. The third-order valence-corrected chi connectivity index (χ3v) is 11.8. The number of methoxy groups -OCH3 is 1. The number of esters is 2. The van der Waals surface area contributed by atoms with E-state index in [0.717, 1.165) is 38.5 Å². The van der Waals surface area contributed by atoms with Crippen LogP contribution in [0.2, 0.25) is 0 Å². The van der Waals surface area contributed by atoms with Crippen LogP contribution in [0.4, 0.5) is 0 Å². The molecule has 4 saturated carbocycles. The number of carbonyl (C=O) groups is 2. The summed E-state index contributed by atoms with van der Waals surface area (Å²) in [5.74, 6) is 2.82. The summed E-state index contributed by atoms with van der Waals surface area (Å²) >= 11 is 0. The molecule has 0 saturated heterocycles. The third-order valence-electron chi connectivity index (χ3n) is 11.8. The monoisotopic (exact) mass is 510 g/mol. The number of hydrogen-bond donors (Lipinski definition) is 1. The molecule has 0 heterocycles. The fourth-order valence-corrected chi connectivity index (χ4v) is 9.69. The smallest absolute Gasteiger partial charge is 0.338 e. The highest BCUT2D eigenvalue weighted by Crippen LogP contribution is 2.68. The first-order valence-corrected chi connectivity index (χ1v) is 14.7. The molecule has 5 rings (SSSR count). The van der Waals surface area contributed by atoms with Gasteiger partial charge in [0.15, 0.2) is 0 Å². The number of benzene rings is 1. The van der Waals surface area contributed by atoms with Gasteiger partial charge < -0.3 is 14.6 Å². The highest BCUT2D eigenvalue weighted by molar-refractivity contribution is 5.89. The van der Waals surface area contributed by atoms with Crippen molar-refractivity contribution in [3.8, 4) is 0 Å². The van der Waals surface area contributed by atoms with Gasteiger partial charge in [-0.25, -0.2) is 4.79 Å². The van der Waals surface area contributed by atoms with Gasteiger partial charge >= 0.3 is 11.9 Å². The molecule has 1 N–H and O–H groups in total. The Kier molecular flexibility index (Phi) is 7.48. The normalized spacial score (nSPS) is 41.6. The minimum atomic E-state index is -0.295. The number of ether oxygens (including phenoxy) is 2. The van der Waals surface area contributed by atoms with Crippen molar-refractivity contribution in [3.05, 3.63) is 35.9 Å². The van der Waals surface area contributed by atoms with Crippen LogP contribution in [0.25, 0.3) is 0 Å². The summed E-state index contributed by atoms with van der Waals surface area (Å²) in [6, 6.07) is 9.33. The molecular formula is C32H46O5. The Morgan fingerprint density at radius 3 is 2.51 bits per heavy atom. The number of fused-ring (bicyclic) bond motifs is 5. The number of carbonyl (C=O) groups excluding carboxylic acids is 2. The van der Waals surface area contributed by atoms with E-state index < -0.39 is 0 Å². The molecule has 1 aromatic rings. The van der Waals surface area contributed by atoms with E-state index in [2.05, 4.69) is 20.8 Å². The largest absolute Gasteiger partial charge is 0.469 e. The van der Waals surface area contributed by atoms with E-state index in [1.165, 1.54) is 26.4 Å². The molecule has 204 valence electrons. The highest BCUT2D eigenvalue weighted by Gasteiger charge is 2.63. The first kappa shape index (κ1) is 26.7. The summed E-state index contributed by atoms with van der Waals surface area (Å²) in [7, 11) is 1.46. The standard InChI is InChI=1S/C32H46O5/c1-20(10-15-29(34)36-4)25-13-14-26-24-12-11-22-18-23(37-30(35)21-8-6-5-7-9-21)16-17-31(22,2)27(24)19-28(33)32(25,26)3/h5-9,20,22-28,33H,10-19H2,1-4H3/t20?,22?,23-,24?,25?,26?,27?,28+,31?,32?/m1/s1. The van der Waals surface area contributed by atoms with Crippen LogP contribution in [0, 0.1) is 46.3 Å². The van der Waals surface area contributed by atoms with E-state index >= 15 is 0 Å². The molecule has 0 amide bonds. The Balaban J connectivity index is 1.27. The van der Waals surface area contributed by atoms with E-state index in [1.54, 1.807) is 0 Å². The zero-order valence-electron chi connectivity index (χ0n) is 23.2. The van der Waals surface area contributed by atoms with Crippen molar-refractivity contribution in [3.63, 3.8) is 0 Å². The van der Waals surface area contributed by atoms with Crippen molar-refractivity contribution in [2.45, 2.75) is 97.2 Å². The van der Waals surface area contributed by atoms with Crippen LogP contribution in [-0.2, 0) is 14.3 Å². The van der Waals surface area contributed by atoms with Gasteiger partial charge in [0.2, 0.25) is 0 Å². The van der Waals surface area contributed by atoms with Crippen LogP contribution < -0.4 is 0 Å². The van der Waals surface area contributed by atoms with Gasteiger partial charge in [-0.2, -0.15) is 0 Å². The number of rotatable bonds is 6. The van der Waals surface area contributed by atoms with Gasteiger partial charge in [-0.3, -0.25) is 4.79 Å². The Morgan fingerprint density at radius 1 is 1.03 bits per heavy atom. The van der Waals surface area contributed by atoms with Gasteiger partial charge in [-0.15, -0.1) is 0 Å². The number of aliphatic hydroxyl groups excluding tert-OH is 1. The molecule has 10 atom stereocenters. The molecular weight excluding hydrogens is 464 g/mol. The predicted octanol–water partition coefficient (Wildman–Crippen LogP) is 6.43. The minimum Gasteiger partial charge on any atom is -0.469 e. The molecule has 0 spiro atoms. The average Bonchev–Trinajstić information content (AvgIpc) is 3.27. The maximum Gasteiger partial charge on any atom is 0.338 e. The molecule has 0 aromatic heterocycles. The number of hydrogen-bond acceptors (Lipinski definition) is 5. The topological polar surface area (TPSA) is 72.8 Å². The SMILES string of the molecule is COC(=O)CCC(C)C1CCC2C3CCC4C[C@H](OC(=O)c5ccccc5)CCC4(C)C3C[C@H](O)C12C. The zero-order valence-corrected chi connectivity index (χ0v) is 23.2. The van der Waals surface area contributed by atoms with Crippen LogP contribution in [0.3, 0.4) is 0 Å². The Labute approximate surface area is 222 Å². The van der Waals surface area contributed by atoms with Crippen LogP contribution in [0.15, 0.2) is 30.3 Å². The van der Waals surface area contributed by atoms with Crippen molar-refractivity contribution in [1.29, 1.82) is 0 Å². The summed E-state index contributed by atoms with van der Waals surface area (Å²) in [5, 5.41) is 11.8. The van der Waals surface area contributed by atoms with E-state index in [0.29, 0.717) is 47.5 Å². The van der Waals surface area contributed by atoms with E-state index in [-0.39, 0.29) is 35.0 Å². The number of aliphatic hydroxyl groups is 1. The lowest BCUT2D eigenvalue weighted by Gasteiger charge is -2.62. The van der Waals surface area contributed by atoms with Crippen LogP contribution in [0.5, 0.6) is 0 Å². The lowest BCUT2D eigenvalue weighted by atomic mass is 9.43. The van der Waals surface area contributed by atoms with Gasteiger partial charge in [-0.1, -0.05) is 39.0 Å². The van der Waals surface area contributed by atoms with Gasteiger partial charge in [0.05, 0.1) is 18.8 Å². The van der Waals surface area contributed by atoms with Crippen molar-refractivity contribution in [2.75, 3.05) is 7.11 Å². The summed E-state index contributed by atoms with van der Waals surface area (Å²) in [6.45, 7) is 7.11. The second kappa shape index (κ2) is 10.4. The predicted molar refractivity (Wildman–Crippen MR) is 143 cm³/mol. The molecule has 37 heavy (non-hydrogen) atoms. The molecule has 4 aliphatic carbocycles. The Morgan fingerprint density at radius 2 is 1.78 bits per heavy atom. The van der Waals surface area contributed by atoms with E-state index in [4.69, 9.17) is 9.47 Å². The van der Waals surface area contributed by atoms with Gasteiger partial charge in [0.1, 0.15) is 6.10 Å². The van der Waals surface area contributed by atoms with Crippen molar-refractivity contribution >= 4 is 11.9 Å². The zero-order chi connectivity index (χ0) is 26.4. The molecule has 4 fully saturated rings. The van der Waals surface area contributed by atoms with Gasteiger partial charge in [0.25, 0.3) is 0 Å². The fourth-order valence-electron chi connectivity index (χ4n) is 9.69. The summed E-state index contributed by atoms with van der Waals surface area (Å²) in [4.78, 5) is 24.5. The lowest BCUT2D eigenvalue weighted by Crippen LogP contribution is -2.59. The molecule has 0 radical (unpaired) electrons. The summed E-state index contributed by atoms with van der Waals surface area (Å²) in [5.41, 5.74) is 0.767. The van der Waals surface area contributed by atoms with Crippen LogP contribution in [-0.4, -0.2) is 36.4 Å². The quantitative estimate of drug-likeness (QED) is 0.447. The first-order chi connectivity index (χ1) is 17.7. The molecule has 8 unspecified atom stereocenters. The molecule has 5 heteroatoms. The molecule has 1 aromatic carbocycles.